The highest BCUT2D eigenvalue weighted by Crippen LogP contribution is 2.10. The van der Waals surface area contributed by atoms with Crippen LogP contribution < -0.4 is 10.2 Å². The summed E-state index contributed by atoms with van der Waals surface area (Å²) in [5, 5.41) is 3.37. The lowest BCUT2D eigenvalue weighted by atomic mass is 10.2. The van der Waals surface area contributed by atoms with Crippen LogP contribution in [0.25, 0.3) is 0 Å². The molecule has 0 fully saturated rings. The molecular weight excluding hydrogens is 210 g/mol. The second-order valence-electron chi connectivity index (χ2n) is 4.87. The van der Waals surface area contributed by atoms with Gasteiger partial charge >= 0.3 is 0 Å². The summed E-state index contributed by atoms with van der Waals surface area (Å²) in [6.07, 6.45) is 1.93. The van der Waals surface area contributed by atoms with Crippen molar-refractivity contribution in [1.29, 1.82) is 0 Å². The molecule has 0 unspecified atom stereocenters. The highest BCUT2D eigenvalue weighted by molar-refractivity contribution is 5.39. The van der Waals surface area contributed by atoms with E-state index in [1.807, 2.05) is 20.2 Å². The first-order chi connectivity index (χ1) is 7.99. The molecule has 3 nitrogen and oxygen atoms in total. The standard InChI is InChI=1S/C14H23N3/c1-11(2)10-17(5)14-7-6-13(9-16-14)8-15-12(3)4/h6-7,9,12,15H,1,8,10H2,2-5H3. The number of pyridine rings is 1. The molecule has 94 valence electrons. The maximum atomic E-state index is 4.45. The quantitative estimate of drug-likeness (QED) is 0.765. The number of rotatable bonds is 6. The van der Waals surface area contributed by atoms with Gasteiger partial charge in [-0.3, -0.25) is 0 Å². The molecule has 0 aliphatic carbocycles. The zero-order chi connectivity index (χ0) is 12.8. The van der Waals surface area contributed by atoms with E-state index in [1.54, 1.807) is 0 Å². The molecule has 0 amide bonds. The zero-order valence-electron chi connectivity index (χ0n) is 11.3. The fourth-order valence-electron chi connectivity index (χ4n) is 1.55. The van der Waals surface area contributed by atoms with E-state index in [0.29, 0.717) is 6.04 Å². The molecule has 3 heteroatoms. The van der Waals surface area contributed by atoms with Crippen molar-refractivity contribution in [3.8, 4) is 0 Å². The van der Waals surface area contributed by atoms with Gasteiger partial charge in [-0.15, -0.1) is 0 Å². The lowest BCUT2D eigenvalue weighted by Crippen LogP contribution is -2.22. The van der Waals surface area contributed by atoms with Crippen LogP contribution in [0.1, 0.15) is 26.3 Å². The molecule has 0 bridgehead atoms. The van der Waals surface area contributed by atoms with E-state index in [1.165, 1.54) is 5.56 Å². The van der Waals surface area contributed by atoms with Crippen LogP contribution in [-0.4, -0.2) is 24.6 Å². The molecule has 1 N–H and O–H groups in total. The van der Waals surface area contributed by atoms with Gasteiger partial charge in [0.1, 0.15) is 5.82 Å². The lowest BCUT2D eigenvalue weighted by molar-refractivity contribution is 0.588. The van der Waals surface area contributed by atoms with Crippen molar-refractivity contribution in [2.45, 2.75) is 33.4 Å². The lowest BCUT2D eigenvalue weighted by Gasteiger charge is -2.18. The Morgan fingerprint density at radius 2 is 2.18 bits per heavy atom. The van der Waals surface area contributed by atoms with Crippen LogP contribution in [-0.2, 0) is 6.54 Å². The summed E-state index contributed by atoms with van der Waals surface area (Å²) in [7, 11) is 2.03. The third-order valence-electron chi connectivity index (χ3n) is 2.42. The summed E-state index contributed by atoms with van der Waals surface area (Å²) in [6, 6.07) is 4.67. The van der Waals surface area contributed by atoms with Crippen LogP contribution in [0.4, 0.5) is 5.82 Å². The van der Waals surface area contributed by atoms with Crippen molar-refractivity contribution >= 4 is 5.82 Å². The summed E-state index contributed by atoms with van der Waals surface area (Å²) in [6.45, 7) is 11.9. The Morgan fingerprint density at radius 1 is 1.47 bits per heavy atom. The summed E-state index contributed by atoms with van der Waals surface area (Å²) in [5.41, 5.74) is 2.35. The molecular formula is C14H23N3. The fraction of sp³-hybridized carbons (Fsp3) is 0.500. The summed E-state index contributed by atoms with van der Waals surface area (Å²) < 4.78 is 0. The zero-order valence-corrected chi connectivity index (χ0v) is 11.3. The van der Waals surface area contributed by atoms with Crippen molar-refractivity contribution in [2.24, 2.45) is 0 Å². The average Bonchev–Trinajstić information content (AvgIpc) is 2.26. The van der Waals surface area contributed by atoms with E-state index in [2.05, 4.69) is 47.8 Å². The van der Waals surface area contributed by atoms with Crippen LogP contribution in [0.3, 0.4) is 0 Å². The molecule has 0 spiro atoms. The topological polar surface area (TPSA) is 28.2 Å². The Morgan fingerprint density at radius 3 is 2.65 bits per heavy atom. The third kappa shape index (κ3) is 5.00. The normalized spacial score (nSPS) is 10.6. The second-order valence-corrected chi connectivity index (χ2v) is 4.87. The van der Waals surface area contributed by atoms with Gasteiger partial charge < -0.3 is 10.2 Å². The SMILES string of the molecule is C=C(C)CN(C)c1ccc(CNC(C)C)cn1. The average molecular weight is 233 g/mol. The predicted molar refractivity (Wildman–Crippen MR) is 74.3 cm³/mol. The van der Waals surface area contributed by atoms with Crippen molar-refractivity contribution in [3.63, 3.8) is 0 Å². The van der Waals surface area contributed by atoms with Crippen molar-refractivity contribution in [3.05, 3.63) is 36.0 Å². The number of nitrogens with zero attached hydrogens (tertiary/aromatic N) is 2. The van der Waals surface area contributed by atoms with Crippen LogP contribution in [0.5, 0.6) is 0 Å². The van der Waals surface area contributed by atoms with Gasteiger partial charge in [-0.1, -0.05) is 32.1 Å². The van der Waals surface area contributed by atoms with E-state index in [0.717, 1.165) is 24.5 Å². The van der Waals surface area contributed by atoms with Crippen LogP contribution in [0.2, 0.25) is 0 Å². The van der Waals surface area contributed by atoms with Gasteiger partial charge in [0, 0.05) is 32.4 Å². The number of likely N-dealkylation sites (N-methyl/N-ethyl adjacent to an activating group) is 1. The first-order valence-electron chi connectivity index (χ1n) is 6.03. The molecule has 1 aromatic rings. The maximum absolute atomic E-state index is 4.45. The molecule has 0 aromatic carbocycles. The fourth-order valence-corrected chi connectivity index (χ4v) is 1.55. The molecule has 0 atom stereocenters. The van der Waals surface area contributed by atoms with E-state index in [9.17, 15) is 0 Å². The molecule has 1 rings (SSSR count). The molecule has 0 saturated heterocycles. The van der Waals surface area contributed by atoms with Gasteiger partial charge in [0.15, 0.2) is 0 Å². The molecule has 0 saturated carbocycles. The Bertz CT molecular complexity index is 354. The minimum atomic E-state index is 0.501. The van der Waals surface area contributed by atoms with Crippen LogP contribution >= 0.6 is 0 Å². The Labute approximate surface area is 105 Å². The van der Waals surface area contributed by atoms with Gasteiger partial charge in [-0.25, -0.2) is 4.98 Å². The molecule has 0 aliphatic heterocycles. The first-order valence-corrected chi connectivity index (χ1v) is 6.03. The highest BCUT2D eigenvalue weighted by Gasteiger charge is 2.02. The van der Waals surface area contributed by atoms with E-state index < -0.39 is 0 Å². The van der Waals surface area contributed by atoms with Gasteiger partial charge in [-0.2, -0.15) is 0 Å². The largest absolute Gasteiger partial charge is 0.356 e. The van der Waals surface area contributed by atoms with E-state index in [4.69, 9.17) is 0 Å². The van der Waals surface area contributed by atoms with Gasteiger partial charge in [0.05, 0.1) is 0 Å². The summed E-state index contributed by atoms with van der Waals surface area (Å²) in [4.78, 5) is 6.55. The number of hydrogen-bond donors (Lipinski definition) is 1. The van der Waals surface area contributed by atoms with Gasteiger partial charge in [0.25, 0.3) is 0 Å². The van der Waals surface area contributed by atoms with Crippen molar-refractivity contribution in [2.75, 3.05) is 18.5 Å². The molecule has 1 aromatic heterocycles. The molecule has 0 radical (unpaired) electrons. The van der Waals surface area contributed by atoms with Crippen LogP contribution in [0, 0.1) is 0 Å². The van der Waals surface area contributed by atoms with Gasteiger partial charge in [-0.05, 0) is 18.6 Å². The predicted octanol–water partition coefficient (Wildman–Crippen LogP) is 2.59. The number of nitrogens with one attached hydrogen (secondary N) is 1. The monoisotopic (exact) mass is 233 g/mol. The second kappa shape index (κ2) is 6.40. The Balaban J connectivity index is 2.58. The number of hydrogen-bond acceptors (Lipinski definition) is 3. The van der Waals surface area contributed by atoms with E-state index >= 15 is 0 Å². The smallest absolute Gasteiger partial charge is 0.128 e. The summed E-state index contributed by atoms with van der Waals surface area (Å²) in [5.74, 6) is 0.987. The highest BCUT2D eigenvalue weighted by atomic mass is 15.2. The summed E-state index contributed by atoms with van der Waals surface area (Å²) >= 11 is 0. The van der Waals surface area contributed by atoms with Crippen molar-refractivity contribution < 1.29 is 0 Å². The number of aromatic nitrogens is 1. The van der Waals surface area contributed by atoms with E-state index in [-0.39, 0.29) is 0 Å². The van der Waals surface area contributed by atoms with Crippen molar-refractivity contribution in [1.82, 2.24) is 10.3 Å². The first kappa shape index (κ1) is 13.7. The molecule has 0 aliphatic rings. The number of anilines is 1. The van der Waals surface area contributed by atoms with Gasteiger partial charge in [0.2, 0.25) is 0 Å². The Kier molecular flexibility index (Phi) is 5.16. The maximum Gasteiger partial charge on any atom is 0.128 e. The molecule has 1 heterocycles. The minimum absolute atomic E-state index is 0.501. The Hall–Kier alpha value is -1.35. The van der Waals surface area contributed by atoms with Crippen LogP contribution in [0.15, 0.2) is 30.5 Å². The third-order valence-corrected chi connectivity index (χ3v) is 2.42. The minimum Gasteiger partial charge on any atom is -0.356 e. The molecule has 17 heavy (non-hydrogen) atoms.